The van der Waals surface area contributed by atoms with Crippen LogP contribution in [-0.2, 0) is 32.5 Å². The first kappa shape index (κ1) is 24.4. The second-order valence-electron chi connectivity index (χ2n) is 9.24. The van der Waals surface area contributed by atoms with E-state index in [4.69, 9.17) is 0 Å². The number of carbonyl (C=O) groups is 2. The first-order chi connectivity index (χ1) is 16.3. The van der Waals surface area contributed by atoms with E-state index < -0.39 is 16.1 Å². The Bertz CT molecular complexity index is 1150. The van der Waals surface area contributed by atoms with Crippen molar-refractivity contribution in [2.75, 3.05) is 24.5 Å². The highest BCUT2D eigenvalue weighted by atomic mass is 32.2. The molecule has 0 spiro atoms. The molecule has 0 bridgehead atoms. The van der Waals surface area contributed by atoms with E-state index in [-0.39, 0.29) is 16.7 Å². The maximum absolute atomic E-state index is 13.2. The lowest BCUT2D eigenvalue weighted by atomic mass is 10.1. The Kier molecular flexibility index (Phi) is 7.38. The Morgan fingerprint density at radius 1 is 1.00 bits per heavy atom. The van der Waals surface area contributed by atoms with Crippen LogP contribution < -0.4 is 10.2 Å². The maximum atomic E-state index is 13.2. The van der Waals surface area contributed by atoms with Gasteiger partial charge >= 0.3 is 0 Å². The van der Waals surface area contributed by atoms with Crippen LogP contribution in [0.1, 0.15) is 49.3 Å². The molecule has 1 saturated heterocycles. The summed E-state index contributed by atoms with van der Waals surface area (Å²) in [4.78, 5) is 27.2. The van der Waals surface area contributed by atoms with Crippen molar-refractivity contribution in [3.63, 3.8) is 0 Å². The molecule has 0 aromatic heterocycles. The van der Waals surface area contributed by atoms with Gasteiger partial charge in [-0.2, -0.15) is 4.31 Å². The summed E-state index contributed by atoms with van der Waals surface area (Å²) in [6, 6.07) is 12.4. The summed E-state index contributed by atoms with van der Waals surface area (Å²) in [6.07, 6.45) is 4.83. The van der Waals surface area contributed by atoms with Crippen molar-refractivity contribution in [1.82, 2.24) is 9.62 Å². The molecule has 7 nitrogen and oxygen atoms in total. The fourth-order valence-corrected chi connectivity index (χ4v) is 6.39. The summed E-state index contributed by atoms with van der Waals surface area (Å²) in [7, 11) is -3.60. The Hall–Kier alpha value is -2.71. The third-order valence-corrected chi connectivity index (χ3v) is 8.61. The number of sulfonamides is 1. The fourth-order valence-electron chi connectivity index (χ4n) is 4.82. The van der Waals surface area contributed by atoms with E-state index in [1.807, 2.05) is 31.2 Å². The molecule has 0 aliphatic carbocycles. The SMILES string of the molecule is CC(=O)N1c2ccc(S(=O)(=O)N3CCCCCC3)cc2CC1C(=O)NCCc1ccc(C)cc1. The molecule has 34 heavy (non-hydrogen) atoms. The quantitative estimate of drug-likeness (QED) is 0.684. The van der Waals surface area contributed by atoms with Gasteiger partial charge in [-0.15, -0.1) is 0 Å². The van der Waals surface area contributed by atoms with Crippen molar-refractivity contribution in [1.29, 1.82) is 0 Å². The van der Waals surface area contributed by atoms with E-state index >= 15 is 0 Å². The zero-order chi connectivity index (χ0) is 24.3. The minimum atomic E-state index is -3.60. The predicted molar refractivity (Wildman–Crippen MR) is 132 cm³/mol. The Balaban J connectivity index is 1.48. The number of fused-ring (bicyclic) bond motifs is 1. The Morgan fingerprint density at radius 3 is 2.32 bits per heavy atom. The molecule has 2 aromatic rings. The number of nitrogens with one attached hydrogen (secondary N) is 1. The molecule has 8 heteroatoms. The van der Waals surface area contributed by atoms with Crippen LogP contribution in [-0.4, -0.2) is 50.2 Å². The number of benzene rings is 2. The minimum Gasteiger partial charge on any atom is -0.354 e. The molecular weight excluding hydrogens is 450 g/mol. The topological polar surface area (TPSA) is 86.8 Å². The van der Waals surface area contributed by atoms with Crippen molar-refractivity contribution < 1.29 is 18.0 Å². The van der Waals surface area contributed by atoms with Gasteiger partial charge in [0, 0.05) is 38.7 Å². The summed E-state index contributed by atoms with van der Waals surface area (Å²) in [5.41, 5.74) is 3.64. The van der Waals surface area contributed by atoms with E-state index in [2.05, 4.69) is 5.32 Å². The maximum Gasteiger partial charge on any atom is 0.243 e. The fraction of sp³-hybridized carbons (Fsp3) is 0.462. The standard InChI is InChI=1S/C26H33N3O4S/c1-19-7-9-21(10-8-19)13-14-27-26(31)25-18-22-17-23(11-12-24(22)29(25)20(2)30)34(32,33)28-15-5-3-4-6-16-28/h7-12,17,25H,3-6,13-16,18H2,1-2H3,(H,27,31). The molecule has 1 fully saturated rings. The Labute approximate surface area is 202 Å². The number of carbonyl (C=O) groups excluding carboxylic acids is 2. The van der Waals surface area contributed by atoms with Crippen molar-refractivity contribution in [2.24, 2.45) is 0 Å². The lowest BCUT2D eigenvalue weighted by Crippen LogP contribution is -2.47. The van der Waals surface area contributed by atoms with Gasteiger partial charge in [-0.3, -0.25) is 14.5 Å². The molecular formula is C26H33N3O4S. The molecule has 1 unspecified atom stereocenters. The van der Waals surface area contributed by atoms with E-state index in [1.165, 1.54) is 17.4 Å². The van der Waals surface area contributed by atoms with Crippen LogP contribution in [0.4, 0.5) is 5.69 Å². The molecule has 1 atom stereocenters. The third kappa shape index (κ3) is 5.18. The van der Waals surface area contributed by atoms with Gasteiger partial charge in [-0.25, -0.2) is 8.42 Å². The van der Waals surface area contributed by atoms with Gasteiger partial charge in [0.1, 0.15) is 6.04 Å². The smallest absolute Gasteiger partial charge is 0.243 e. The number of hydrogen-bond donors (Lipinski definition) is 1. The number of aryl methyl sites for hydroxylation is 1. The van der Waals surface area contributed by atoms with Crippen LogP contribution in [0.15, 0.2) is 47.4 Å². The van der Waals surface area contributed by atoms with E-state index in [0.29, 0.717) is 43.7 Å². The van der Waals surface area contributed by atoms with Crippen molar-refractivity contribution in [2.45, 2.75) is 63.3 Å². The minimum absolute atomic E-state index is 0.226. The summed E-state index contributed by atoms with van der Waals surface area (Å²) in [5.74, 6) is -0.462. The number of rotatable bonds is 6. The molecule has 2 aliphatic heterocycles. The van der Waals surface area contributed by atoms with Gasteiger partial charge < -0.3 is 5.32 Å². The number of anilines is 1. The van der Waals surface area contributed by atoms with Crippen LogP contribution in [0.5, 0.6) is 0 Å². The van der Waals surface area contributed by atoms with Crippen molar-refractivity contribution >= 4 is 27.5 Å². The van der Waals surface area contributed by atoms with E-state index in [0.717, 1.165) is 31.2 Å². The molecule has 2 aromatic carbocycles. The van der Waals surface area contributed by atoms with Gasteiger partial charge in [0.25, 0.3) is 0 Å². The zero-order valence-corrected chi connectivity index (χ0v) is 20.7. The summed E-state index contributed by atoms with van der Waals surface area (Å²) >= 11 is 0. The lowest BCUT2D eigenvalue weighted by Gasteiger charge is -2.24. The Morgan fingerprint density at radius 2 is 1.68 bits per heavy atom. The van der Waals surface area contributed by atoms with Gasteiger partial charge in [0.2, 0.25) is 21.8 Å². The molecule has 0 radical (unpaired) electrons. The predicted octanol–water partition coefficient (Wildman–Crippen LogP) is 3.20. The van der Waals surface area contributed by atoms with E-state index in [1.54, 1.807) is 22.5 Å². The molecule has 4 rings (SSSR count). The highest BCUT2D eigenvalue weighted by molar-refractivity contribution is 7.89. The highest BCUT2D eigenvalue weighted by Crippen LogP contribution is 2.35. The van der Waals surface area contributed by atoms with Gasteiger partial charge in [-0.1, -0.05) is 42.7 Å². The van der Waals surface area contributed by atoms with Crippen LogP contribution in [0.3, 0.4) is 0 Å². The monoisotopic (exact) mass is 483 g/mol. The summed E-state index contributed by atoms with van der Waals surface area (Å²) in [5, 5.41) is 2.95. The third-order valence-electron chi connectivity index (χ3n) is 6.71. The van der Waals surface area contributed by atoms with Crippen LogP contribution in [0.25, 0.3) is 0 Å². The van der Waals surface area contributed by atoms with Crippen molar-refractivity contribution in [3.8, 4) is 0 Å². The number of hydrogen-bond acceptors (Lipinski definition) is 4. The van der Waals surface area contributed by atoms with Crippen molar-refractivity contribution in [3.05, 3.63) is 59.2 Å². The largest absolute Gasteiger partial charge is 0.354 e. The molecule has 182 valence electrons. The first-order valence-corrected chi connectivity index (χ1v) is 13.5. The van der Waals surface area contributed by atoms with Crippen LogP contribution >= 0.6 is 0 Å². The number of nitrogens with zero attached hydrogens (tertiary/aromatic N) is 2. The van der Waals surface area contributed by atoms with Gasteiger partial charge in [0.05, 0.1) is 4.90 Å². The molecule has 2 heterocycles. The normalized spacial score (nSPS) is 18.9. The summed E-state index contributed by atoms with van der Waals surface area (Å²) in [6.45, 7) is 5.00. The second-order valence-corrected chi connectivity index (χ2v) is 11.2. The van der Waals surface area contributed by atoms with Crippen LogP contribution in [0.2, 0.25) is 0 Å². The molecule has 2 aliphatic rings. The zero-order valence-electron chi connectivity index (χ0n) is 19.9. The van der Waals surface area contributed by atoms with E-state index in [9.17, 15) is 18.0 Å². The highest BCUT2D eigenvalue weighted by Gasteiger charge is 2.38. The molecule has 0 saturated carbocycles. The lowest BCUT2D eigenvalue weighted by molar-refractivity contribution is -0.125. The molecule has 1 N–H and O–H groups in total. The number of amides is 2. The van der Waals surface area contributed by atoms with Crippen LogP contribution in [0, 0.1) is 6.92 Å². The second kappa shape index (κ2) is 10.3. The van der Waals surface area contributed by atoms with Gasteiger partial charge in [0.15, 0.2) is 0 Å². The summed E-state index contributed by atoms with van der Waals surface area (Å²) < 4.78 is 28.0. The average molecular weight is 484 g/mol. The average Bonchev–Trinajstić information content (AvgIpc) is 2.98. The van der Waals surface area contributed by atoms with Gasteiger partial charge in [-0.05, 0) is 55.5 Å². The first-order valence-electron chi connectivity index (χ1n) is 12.0. The molecule has 2 amide bonds.